The van der Waals surface area contributed by atoms with Crippen LogP contribution in [0.3, 0.4) is 0 Å². The van der Waals surface area contributed by atoms with Gasteiger partial charge in [0.05, 0.1) is 12.7 Å². The Kier molecular flexibility index (Phi) is 4.57. The van der Waals surface area contributed by atoms with Gasteiger partial charge in [-0.15, -0.1) is 5.10 Å². The molecule has 1 atom stereocenters. The second-order valence-electron chi connectivity index (χ2n) is 5.58. The molecule has 1 aliphatic rings. The van der Waals surface area contributed by atoms with Gasteiger partial charge < -0.3 is 10.1 Å². The average Bonchev–Trinajstić information content (AvgIpc) is 2.85. The van der Waals surface area contributed by atoms with Crippen molar-refractivity contribution in [1.82, 2.24) is 20.1 Å². The number of aryl methyl sites for hydroxylation is 2. The highest BCUT2D eigenvalue weighted by Gasteiger charge is 2.20. The first-order valence-corrected chi connectivity index (χ1v) is 7.75. The number of nitrogens with one attached hydrogen (secondary N) is 2. The van der Waals surface area contributed by atoms with E-state index in [1.807, 2.05) is 13.0 Å². The summed E-state index contributed by atoms with van der Waals surface area (Å²) in [6, 6.07) is 8.00. The number of carbonyl (C=O) groups excluding carboxylic acids is 1. The molecule has 2 amide bonds. The van der Waals surface area contributed by atoms with Gasteiger partial charge in [0.15, 0.2) is 0 Å². The zero-order chi connectivity index (χ0) is 16.2. The van der Waals surface area contributed by atoms with Crippen molar-refractivity contribution in [2.45, 2.75) is 25.9 Å². The molecule has 1 aromatic carbocycles. The Balaban J connectivity index is 1.49. The molecule has 23 heavy (non-hydrogen) atoms. The van der Waals surface area contributed by atoms with Crippen LogP contribution in [0.25, 0.3) is 0 Å². The molecule has 2 N–H and O–H groups in total. The molecule has 0 aliphatic carbocycles. The van der Waals surface area contributed by atoms with Crippen molar-refractivity contribution >= 4 is 12.0 Å². The predicted octanol–water partition coefficient (Wildman–Crippen LogP) is 1.95. The predicted molar refractivity (Wildman–Crippen MR) is 86.2 cm³/mol. The van der Waals surface area contributed by atoms with Gasteiger partial charge in [0.1, 0.15) is 5.82 Å². The number of anilines is 1. The van der Waals surface area contributed by atoms with Crippen LogP contribution in [0, 0.1) is 6.92 Å². The summed E-state index contributed by atoms with van der Waals surface area (Å²) in [7, 11) is 1.78. The van der Waals surface area contributed by atoms with Crippen molar-refractivity contribution in [3.8, 4) is 0 Å². The first kappa shape index (κ1) is 15.5. The van der Waals surface area contributed by atoms with E-state index in [4.69, 9.17) is 4.74 Å². The summed E-state index contributed by atoms with van der Waals surface area (Å²) in [5.41, 5.74) is 2.56. The monoisotopic (exact) mass is 315 g/mol. The molecule has 3 rings (SSSR count). The molecule has 1 unspecified atom stereocenters. The lowest BCUT2D eigenvalue weighted by Crippen LogP contribution is -2.31. The summed E-state index contributed by atoms with van der Waals surface area (Å²) >= 11 is 0. The van der Waals surface area contributed by atoms with E-state index in [2.05, 4.69) is 38.9 Å². The Bertz CT molecular complexity index is 678. The lowest BCUT2D eigenvalue weighted by molar-refractivity contribution is 0.0373. The second kappa shape index (κ2) is 6.78. The van der Waals surface area contributed by atoms with E-state index >= 15 is 0 Å². The van der Waals surface area contributed by atoms with Crippen LogP contribution >= 0.6 is 0 Å². The van der Waals surface area contributed by atoms with Gasteiger partial charge in [0, 0.05) is 13.6 Å². The van der Waals surface area contributed by atoms with Crippen molar-refractivity contribution < 1.29 is 9.53 Å². The Labute approximate surface area is 135 Å². The number of carbonyl (C=O) groups is 1. The number of nitrogens with zero attached hydrogens (tertiary/aromatic N) is 3. The lowest BCUT2D eigenvalue weighted by Gasteiger charge is -2.26. The van der Waals surface area contributed by atoms with Gasteiger partial charge >= 0.3 is 6.03 Å². The van der Waals surface area contributed by atoms with E-state index in [0.29, 0.717) is 12.5 Å². The molecular weight excluding hydrogens is 294 g/mol. The van der Waals surface area contributed by atoms with Gasteiger partial charge in [-0.3, -0.25) is 10.00 Å². The summed E-state index contributed by atoms with van der Waals surface area (Å²) in [5.74, 6) is 1.05. The number of fused-ring (bicyclic) bond motifs is 1. The highest BCUT2D eigenvalue weighted by Crippen LogP contribution is 2.28. The summed E-state index contributed by atoms with van der Waals surface area (Å²) in [4.78, 5) is 16.0. The molecule has 0 saturated heterocycles. The third-order valence-corrected chi connectivity index (χ3v) is 3.99. The number of benzene rings is 1. The number of aromatic nitrogens is 3. The fourth-order valence-electron chi connectivity index (χ4n) is 2.69. The largest absolute Gasteiger partial charge is 0.373 e. The smallest absolute Gasteiger partial charge is 0.321 e. The summed E-state index contributed by atoms with van der Waals surface area (Å²) < 4.78 is 7.44. The zero-order valence-corrected chi connectivity index (χ0v) is 13.4. The molecule has 1 aliphatic heterocycles. The van der Waals surface area contributed by atoms with Crippen molar-refractivity contribution in [1.29, 1.82) is 0 Å². The fourth-order valence-corrected chi connectivity index (χ4v) is 2.69. The van der Waals surface area contributed by atoms with Crippen molar-refractivity contribution in [3.63, 3.8) is 0 Å². The molecule has 0 radical (unpaired) electrons. The van der Waals surface area contributed by atoms with Crippen molar-refractivity contribution in [3.05, 3.63) is 41.2 Å². The second-order valence-corrected chi connectivity index (χ2v) is 5.58. The van der Waals surface area contributed by atoms with Crippen LogP contribution in [0.4, 0.5) is 10.7 Å². The Morgan fingerprint density at radius 1 is 1.43 bits per heavy atom. The number of urea groups is 1. The molecular formula is C16H21N5O2. The minimum Gasteiger partial charge on any atom is -0.373 e. The highest BCUT2D eigenvalue weighted by atomic mass is 16.5. The quantitative estimate of drug-likeness (QED) is 0.903. The maximum absolute atomic E-state index is 11.9. The number of hydrogen-bond donors (Lipinski definition) is 2. The van der Waals surface area contributed by atoms with E-state index in [1.165, 1.54) is 11.1 Å². The fraction of sp³-hybridized carbons (Fsp3) is 0.438. The number of ether oxygens (including phenoxy) is 1. The number of rotatable bonds is 4. The Morgan fingerprint density at radius 2 is 2.26 bits per heavy atom. The van der Waals surface area contributed by atoms with Crippen LogP contribution in [0.5, 0.6) is 0 Å². The first-order chi connectivity index (χ1) is 11.1. The van der Waals surface area contributed by atoms with E-state index in [1.54, 1.807) is 11.7 Å². The molecule has 0 spiro atoms. The summed E-state index contributed by atoms with van der Waals surface area (Å²) in [5, 5.41) is 9.53. The molecule has 0 bridgehead atoms. The lowest BCUT2D eigenvalue weighted by atomic mass is 9.96. The van der Waals surface area contributed by atoms with Crippen LogP contribution in [0.15, 0.2) is 24.3 Å². The SMILES string of the molecule is Cc1nc(NC(=O)NCCC2OCCc3ccccc32)nn1C. The molecule has 7 nitrogen and oxygen atoms in total. The van der Waals surface area contributed by atoms with Crippen LogP contribution < -0.4 is 10.6 Å². The molecule has 2 aromatic rings. The molecule has 2 heterocycles. The van der Waals surface area contributed by atoms with Crippen LogP contribution in [0.2, 0.25) is 0 Å². The number of amides is 2. The van der Waals surface area contributed by atoms with Crippen LogP contribution in [-0.4, -0.2) is 33.9 Å². The van der Waals surface area contributed by atoms with Crippen molar-refractivity contribution in [2.75, 3.05) is 18.5 Å². The van der Waals surface area contributed by atoms with Crippen molar-refractivity contribution in [2.24, 2.45) is 7.05 Å². The van der Waals surface area contributed by atoms with Gasteiger partial charge in [0.25, 0.3) is 0 Å². The average molecular weight is 315 g/mol. The standard InChI is InChI=1S/C16H21N5O2/c1-11-18-15(20-21(11)2)19-16(22)17-9-7-14-13-6-4-3-5-12(13)8-10-23-14/h3-6,14H,7-10H2,1-2H3,(H2,17,19,20,22). The van der Waals surface area contributed by atoms with E-state index in [0.717, 1.165) is 25.3 Å². The van der Waals surface area contributed by atoms with Gasteiger partial charge in [-0.05, 0) is 30.9 Å². The topological polar surface area (TPSA) is 81.1 Å². The van der Waals surface area contributed by atoms with Crippen LogP contribution in [-0.2, 0) is 18.2 Å². The Morgan fingerprint density at radius 3 is 3.04 bits per heavy atom. The van der Waals surface area contributed by atoms with E-state index in [9.17, 15) is 4.79 Å². The maximum atomic E-state index is 11.9. The molecule has 0 fully saturated rings. The van der Waals surface area contributed by atoms with Gasteiger partial charge in [-0.25, -0.2) is 4.79 Å². The van der Waals surface area contributed by atoms with E-state index in [-0.39, 0.29) is 12.1 Å². The molecule has 0 saturated carbocycles. The highest BCUT2D eigenvalue weighted by molar-refractivity contribution is 5.87. The minimum atomic E-state index is -0.306. The molecule has 1 aromatic heterocycles. The zero-order valence-electron chi connectivity index (χ0n) is 13.4. The van der Waals surface area contributed by atoms with Gasteiger partial charge in [0.2, 0.25) is 5.95 Å². The van der Waals surface area contributed by atoms with Gasteiger partial charge in [-0.1, -0.05) is 24.3 Å². The minimum absolute atomic E-state index is 0.0375. The Hall–Kier alpha value is -2.41. The normalized spacial score (nSPS) is 16.7. The molecule has 7 heteroatoms. The van der Waals surface area contributed by atoms with Gasteiger partial charge in [-0.2, -0.15) is 4.98 Å². The first-order valence-electron chi connectivity index (χ1n) is 7.75. The third kappa shape index (κ3) is 3.68. The maximum Gasteiger partial charge on any atom is 0.321 e. The summed E-state index contributed by atoms with van der Waals surface area (Å²) in [6.07, 6.45) is 1.72. The number of hydrogen-bond acceptors (Lipinski definition) is 4. The molecule has 122 valence electrons. The summed E-state index contributed by atoms with van der Waals surface area (Å²) in [6.45, 7) is 3.08. The van der Waals surface area contributed by atoms with E-state index < -0.39 is 0 Å². The third-order valence-electron chi connectivity index (χ3n) is 3.99. The van der Waals surface area contributed by atoms with Crippen LogP contribution in [0.1, 0.15) is 29.5 Å².